The van der Waals surface area contributed by atoms with Crippen molar-refractivity contribution in [2.45, 2.75) is 46.5 Å². The molecule has 1 aliphatic heterocycles. The average molecular weight is 211 g/mol. The predicted octanol–water partition coefficient (Wildman–Crippen LogP) is 2.72. The Morgan fingerprint density at radius 2 is 2.20 bits per heavy atom. The van der Waals surface area contributed by atoms with Gasteiger partial charge in [-0.2, -0.15) is 0 Å². The second-order valence-electron chi connectivity index (χ2n) is 5.21. The van der Waals surface area contributed by atoms with Gasteiger partial charge in [0.15, 0.2) is 0 Å². The molecule has 1 unspecified atom stereocenters. The molecule has 0 bridgehead atoms. The van der Waals surface area contributed by atoms with Gasteiger partial charge in [0.1, 0.15) is 5.78 Å². The lowest BCUT2D eigenvalue weighted by Crippen LogP contribution is -2.40. The normalized spacial score (nSPS) is 23.3. The summed E-state index contributed by atoms with van der Waals surface area (Å²) in [6.07, 6.45) is 4.10. The van der Waals surface area contributed by atoms with Gasteiger partial charge >= 0.3 is 0 Å². The lowest BCUT2D eigenvalue weighted by molar-refractivity contribution is -0.124. The summed E-state index contributed by atoms with van der Waals surface area (Å²) in [5, 5.41) is 0. The molecule has 0 aromatic rings. The number of ketones is 1. The first-order chi connectivity index (χ1) is 7.13. The summed E-state index contributed by atoms with van der Waals surface area (Å²) in [6, 6.07) is 0. The molecule has 88 valence electrons. The van der Waals surface area contributed by atoms with Crippen molar-refractivity contribution >= 4 is 5.78 Å². The summed E-state index contributed by atoms with van der Waals surface area (Å²) in [7, 11) is 0. The van der Waals surface area contributed by atoms with Crippen molar-refractivity contribution in [1.82, 2.24) is 4.90 Å². The van der Waals surface area contributed by atoms with Crippen molar-refractivity contribution in [3.05, 3.63) is 0 Å². The molecule has 0 radical (unpaired) electrons. The fourth-order valence-corrected chi connectivity index (χ4v) is 2.45. The lowest BCUT2D eigenvalue weighted by atomic mass is 9.91. The van der Waals surface area contributed by atoms with Crippen LogP contribution in [0.2, 0.25) is 0 Å². The maximum atomic E-state index is 11.8. The molecular formula is C13H25NO. The number of hydrogen-bond acceptors (Lipinski definition) is 2. The smallest absolute Gasteiger partial charge is 0.137 e. The monoisotopic (exact) mass is 211 g/mol. The van der Waals surface area contributed by atoms with Crippen LogP contribution in [0, 0.1) is 11.8 Å². The summed E-state index contributed by atoms with van der Waals surface area (Å²) in [6.45, 7) is 9.93. The zero-order valence-electron chi connectivity index (χ0n) is 10.5. The van der Waals surface area contributed by atoms with E-state index in [0.717, 1.165) is 32.4 Å². The molecule has 1 atom stereocenters. The maximum absolute atomic E-state index is 11.8. The predicted molar refractivity (Wildman–Crippen MR) is 63.9 cm³/mol. The fourth-order valence-electron chi connectivity index (χ4n) is 2.45. The third kappa shape index (κ3) is 4.33. The molecule has 0 aromatic carbocycles. The van der Waals surface area contributed by atoms with E-state index in [-0.39, 0.29) is 0 Å². The van der Waals surface area contributed by atoms with Crippen LogP contribution in [-0.2, 0) is 4.79 Å². The van der Waals surface area contributed by atoms with E-state index in [1.54, 1.807) is 0 Å². The molecule has 1 aliphatic rings. The average Bonchev–Trinajstić information content (AvgIpc) is 2.17. The van der Waals surface area contributed by atoms with E-state index in [0.29, 0.717) is 17.6 Å². The number of Topliss-reactive ketones (excluding diaryl/α,β-unsaturated/α-hetero) is 1. The van der Waals surface area contributed by atoms with Gasteiger partial charge in [-0.25, -0.2) is 0 Å². The summed E-state index contributed by atoms with van der Waals surface area (Å²) < 4.78 is 0. The molecule has 1 rings (SSSR count). The van der Waals surface area contributed by atoms with Crippen LogP contribution in [0.3, 0.4) is 0 Å². The number of piperidine rings is 1. The van der Waals surface area contributed by atoms with E-state index in [9.17, 15) is 4.79 Å². The Morgan fingerprint density at radius 1 is 1.47 bits per heavy atom. The van der Waals surface area contributed by atoms with Crippen LogP contribution in [-0.4, -0.2) is 30.3 Å². The van der Waals surface area contributed by atoms with Gasteiger partial charge in [-0.15, -0.1) is 0 Å². The Hall–Kier alpha value is -0.370. The summed E-state index contributed by atoms with van der Waals surface area (Å²) in [4.78, 5) is 14.3. The highest BCUT2D eigenvalue weighted by Crippen LogP contribution is 2.19. The highest BCUT2D eigenvalue weighted by Gasteiger charge is 2.24. The number of nitrogens with zero attached hydrogens (tertiary/aromatic N) is 1. The van der Waals surface area contributed by atoms with Crippen molar-refractivity contribution < 1.29 is 4.79 Å². The van der Waals surface area contributed by atoms with E-state index in [2.05, 4.69) is 25.7 Å². The Kier molecular flexibility index (Phi) is 5.30. The molecule has 0 amide bonds. The summed E-state index contributed by atoms with van der Waals surface area (Å²) in [5.41, 5.74) is 0. The largest absolute Gasteiger partial charge is 0.302 e. The van der Waals surface area contributed by atoms with Gasteiger partial charge in [-0.1, -0.05) is 20.8 Å². The molecule has 15 heavy (non-hydrogen) atoms. The topological polar surface area (TPSA) is 20.3 Å². The lowest BCUT2D eigenvalue weighted by Gasteiger charge is -2.33. The fraction of sp³-hybridized carbons (Fsp3) is 0.923. The minimum absolute atomic E-state index is 0.331. The highest BCUT2D eigenvalue weighted by molar-refractivity contribution is 5.81. The maximum Gasteiger partial charge on any atom is 0.137 e. The first-order valence-corrected chi connectivity index (χ1v) is 6.38. The summed E-state index contributed by atoms with van der Waals surface area (Å²) in [5.74, 6) is 1.54. The van der Waals surface area contributed by atoms with Gasteiger partial charge < -0.3 is 4.90 Å². The van der Waals surface area contributed by atoms with Gasteiger partial charge in [-0.3, -0.25) is 4.79 Å². The van der Waals surface area contributed by atoms with Crippen molar-refractivity contribution in [3.8, 4) is 0 Å². The van der Waals surface area contributed by atoms with Crippen LogP contribution in [0.4, 0.5) is 0 Å². The van der Waals surface area contributed by atoms with Gasteiger partial charge in [0.05, 0.1) is 0 Å². The molecule has 0 saturated carbocycles. The Labute approximate surface area is 94.0 Å². The number of hydrogen-bond donors (Lipinski definition) is 0. The van der Waals surface area contributed by atoms with Crippen molar-refractivity contribution in [3.63, 3.8) is 0 Å². The van der Waals surface area contributed by atoms with Crippen LogP contribution in [0.5, 0.6) is 0 Å². The number of rotatable bonds is 5. The molecular weight excluding hydrogens is 186 g/mol. The molecule has 2 nitrogen and oxygen atoms in total. The van der Waals surface area contributed by atoms with Crippen molar-refractivity contribution in [2.75, 3.05) is 19.6 Å². The SMILES string of the molecule is CCCC(=O)C1CCCN(CC(C)C)C1. The Balaban J connectivity index is 2.38. The number of carbonyl (C=O) groups excluding carboxylic acids is 1. The first kappa shape index (κ1) is 12.7. The van der Waals surface area contributed by atoms with E-state index >= 15 is 0 Å². The summed E-state index contributed by atoms with van der Waals surface area (Å²) >= 11 is 0. The van der Waals surface area contributed by atoms with Gasteiger partial charge in [-0.05, 0) is 31.7 Å². The van der Waals surface area contributed by atoms with E-state index in [1.165, 1.54) is 13.0 Å². The van der Waals surface area contributed by atoms with E-state index in [1.807, 2.05) is 0 Å². The second-order valence-corrected chi connectivity index (χ2v) is 5.21. The standard InChI is InChI=1S/C13H25NO/c1-4-6-13(15)12-7-5-8-14(10-12)9-11(2)3/h11-12H,4-10H2,1-3H3. The number of likely N-dealkylation sites (tertiary alicyclic amines) is 1. The Bertz CT molecular complexity index is 201. The number of carbonyl (C=O) groups is 1. The van der Waals surface area contributed by atoms with Crippen molar-refractivity contribution in [2.24, 2.45) is 11.8 Å². The highest BCUT2D eigenvalue weighted by atomic mass is 16.1. The minimum Gasteiger partial charge on any atom is -0.302 e. The zero-order chi connectivity index (χ0) is 11.3. The molecule has 1 saturated heterocycles. The third-order valence-electron chi connectivity index (χ3n) is 3.08. The van der Waals surface area contributed by atoms with Crippen LogP contribution < -0.4 is 0 Å². The van der Waals surface area contributed by atoms with E-state index in [4.69, 9.17) is 0 Å². The van der Waals surface area contributed by atoms with Gasteiger partial charge in [0.2, 0.25) is 0 Å². The molecule has 0 N–H and O–H groups in total. The van der Waals surface area contributed by atoms with Crippen LogP contribution >= 0.6 is 0 Å². The molecule has 0 aliphatic carbocycles. The second kappa shape index (κ2) is 6.26. The van der Waals surface area contributed by atoms with E-state index < -0.39 is 0 Å². The Morgan fingerprint density at radius 3 is 2.80 bits per heavy atom. The van der Waals surface area contributed by atoms with Crippen LogP contribution in [0.15, 0.2) is 0 Å². The van der Waals surface area contributed by atoms with Gasteiger partial charge in [0, 0.05) is 25.4 Å². The molecule has 0 aromatic heterocycles. The van der Waals surface area contributed by atoms with Crippen LogP contribution in [0.25, 0.3) is 0 Å². The molecule has 1 heterocycles. The first-order valence-electron chi connectivity index (χ1n) is 6.38. The molecule has 1 fully saturated rings. The molecule has 2 heteroatoms. The quantitative estimate of drug-likeness (QED) is 0.697. The van der Waals surface area contributed by atoms with Crippen LogP contribution in [0.1, 0.15) is 46.5 Å². The zero-order valence-corrected chi connectivity index (χ0v) is 10.5. The van der Waals surface area contributed by atoms with Crippen molar-refractivity contribution in [1.29, 1.82) is 0 Å². The van der Waals surface area contributed by atoms with Gasteiger partial charge in [0.25, 0.3) is 0 Å². The minimum atomic E-state index is 0.331. The molecule has 0 spiro atoms. The third-order valence-corrected chi connectivity index (χ3v) is 3.08.